The Balaban J connectivity index is 2.22. The number of hydrogen-bond acceptors (Lipinski definition) is 3. The first kappa shape index (κ1) is 11.0. The van der Waals surface area contributed by atoms with Crippen molar-refractivity contribution in [1.82, 2.24) is 0 Å². The van der Waals surface area contributed by atoms with E-state index in [0.29, 0.717) is 12.3 Å². The molecule has 0 amide bonds. The molecule has 0 bridgehead atoms. The van der Waals surface area contributed by atoms with Crippen LogP contribution in [0, 0.1) is 5.92 Å². The molecule has 0 spiro atoms. The van der Waals surface area contributed by atoms with Gasteiger partial charge in [0.05, 0.1) is 12.1 Å². The lowest BCUT2D eigenvalue weighted by Gasteiger charge is -2.09. The highest BCUT2D eigenvalue weighted by atomic mass is 16.6. The number of rotatable bonds is 5. The maximum absolute atomic E-state index is 10.3. The summed E-state index contributed by atoms with van der Waals surface area (Å²) in [4.78, 5) is 15.5. The fourth-order valence-electron chi connectivity index (χ4n) is 1.54. The van der Waals surface area contributed by atoms with Crippen LogP contribution in [0.4, 0.5) is 0 Å². The summed E-state index contributed by atoms with van der Waals surface area (Å²) < 4.78 is 0. The minimum atomic E-state index is -0.778. The van der Waals surface area contributed by atoms with Crippen molar-refractivity contribution >= 4 is 11.7 Å². The zero-order chi connectivity index (χ0) is 10.6. The molecule has 1 rings (SSSR count). The fourth-order valence-corrected chi connectivity index (χ4v) is 1.54. The number of carboxylic acid groups (broad SMARTS) is 1. The molecule has 0 aromatic rings. The number of carboxylic acids is 1. The van der Waals surface area contributed by atoms with E-state index in [1.54, 1.807) is 0 Å². The van der Waals surface area contributed by atoms with Crippen LogP contribution in [-0.2, 0) is 9.63 Å². The monoisotopic (exact) mass is 199 g/mol. The largest absolute Gasteiger partial charge is 0.481 e. The van der Waals surface area contributed by atoms with Crippen LogP contribution in [0.15, 0.2) is 5.16 Å². The van der Waals surface area contributed by atoms with E-state index < -0.39 is 5.97 Å². The van der Waals surface area contributed by atoms with Gasteiger partial charge >= 0.3 is 5.97 Å². The molecule has 80 valence electrons. The molecule has 0 aromatic heterocycles. The lowest BCUT2D eigenvalue weighted by molar-refractivity contribution is -0.136. The van der Waals surface area contributed by atoms with Crippen molar-refractivity contribution in [2.75, 3.05) is 0 Å². The Morgan fingerprint density at radius 3 is 3.00 bits per heavy atom. The first-order valence-electron chi connectivity index (χ1n) is 5.01. The fraction of sp³-hybridized carbons (Fsp3) is 0.800. The predicted molar refractivity (Wildman–Crippen MR) is 53.2 cm³/mol. The highest BCUT2D eigenvalue weighted by molar-refractivity contribution is 5.87. The van der Waals surface area contributed by atoms with E-state index in [2.05, 4.69) is 19.0 Å². The second-order valence-corrected chi connectivity index (χ2v) is 4.11. The summed E-state index contributed by atoms with van der Waals surface area (Å²) in [6.45, 7) is 4.28. The van der Waals surface area contributed by atoms with Crippen molar-refractivity contribution in [3.63, 3.8) is 0 Å². The number of hydrogen-bond donors (Lipinski definition) is 1. The van der Waals surface area contributed by atoms with Crippen LogP contribution in [0.3, 0.4) is 0 Å². The maximum Gasteiger partial charge on any atom is 0.303 e. The van der Waals surface area contributed by atoms with Gasteiger partial charge in [0.1, 0.15) is 6.10 Å². The number of aliphatic carboxylic acids is 1. The van der Waals surface area contributed by atoms with Gasteiger partial charge < -0.3 is 9.94 Å². The summed E-state index contributed by atoms with van der Waals surface area (Å²) in [6.07, 6.45) is 2.62. The molecule has 14 heavy (non-hydrogen) atoms. The number of nitrogens with zero attached hydrogens (tertiary/aromatic N) is 1. The third-order valence-corrected chi connectivity index (χ3v) is 2.16. The maximum atomic E-state index is 10.3. The Labute approximate surface area is 83.9 Å². The molecular weight excluding hydrogens is 182 g/mol. The smallest absolute Gasteiger partial charge is 0.303 e. The molecule has 0 radical (unpaired) electrons. The third-order valence-electron chi connectivity index (χ3n) is 2.16. The van der Waals surface area contributed by atoms with Crippen LogP contribution in [0.5, 0.6) is 0 Å². The predicted octanol–water partition coefficient (Wildman–Crippen LogP) is 2.04. The van der Waals surface area contributed by atoms with E-state index in [1.807, 2.05) is 0 Å². The average molecular weight is 199 g/mol. The van der Waals surface area contributed by atoms with Gasteiger partial charge in [-0.25, -0.2) is 0 Å². The zero-order valence-electron chi connectivity index (χ0n) is 8.69. The average Bonchev–Trinajstić information content (AvgIpc) is 2.47. The molecule has 1 heterocycles. The van der Waals surface area contributed by atoms with Crippen LogP contribution < -0.4 is 0 Å². The van der Waals surface area contributed by atoms with Crippen molar-refractivity contribution in [3.05, 3.63) is 0 Å². The van der Waals surface area contributed by atoms with Crippen LogP contribution in [0.25, 0.3) is 0 Å². The third kappa shape index (κ3) is 3.77. The van der Waals surface area contributed by atoms with Crippen LogP contribution in [0.2, 0.25) is 0 Å². The van der Waals surface area contributed by atoms with Crippen LogP contribution in [0.1, 0.15) is 39.5 Å². The molecule has 0 aliphatic carbocycles. The molecule has 1 atom stereocenters. The molecule has 0 saturated carbocycles. The molecule has 1 aliphatic heterocycles. The van der Waals surface area contributed by atoms with Crippen molar-refractivity contribution in [2.24, 2.45) is 11.1 Å². The number of carbonyl (C=O) groups is 1. The van der Waals surface area contributed by atoms with Gasteiger partial charge in [0.15, 0.2) is 0 Å². The van der Waals surface area contributed by atoms with E-state index in [0.717, 1.165) is 18.6 Å². The van der Waals surface area contributed by atoms with Crippen LogP contribution >= 0.6 is 0 Å². The van der Waals surface area contributed by atoms with Gasteiger partial charge in [-0.05, 0) is 18.8 Å². The molecular formula is C10H17NO3. The van der Waals surface area contributed by atoms with E-state index in [-0.39, 0.29) is 12.5 Å². The summed E-state index contributed by atoms with van der Waals surface area (Å²) in [5.41, 5.74) is 0.887. The minimum Gasteiger partial charge on any atom is -0.481 e. The van der Waals surface area contributed by atoms with Crippen molar-refractivity contribution in [2.45, 2.75) is 45.6 Å². The van der Waals surface area contributed by atoms with E-state index >= 15 is 0 Å². The summed E-state index contributed by atoms with van der Waals surface area (Å²) in [6, 6.07) is 0. The van der Waals surface area contributed by atoms with Crippen molar-refractivity contribution in [1.29, 1.82) is 0 Å². The van der Waals surface area contributed by atoms with Gasteiger partial charge in [0.2, 0.25) is 0 Å². The summed E-state index contributed by atoms with van der Waals surface area (Å²) in [5.74, 6) is -0.186. The van der Waals surface area contributed by atoms with Crippen molar-refractivity contribution in [3.8, 4) is 0 Å². The standard InChI is InChI=1S/C10H17NO3/c1-7(2)5-9-6-8(11-14-9)3-4-10(12)13/h7,9H,3-6H2,1-2H3,(H,12,13). The Morgan fingerprint density at radius 2 is 2.43 bits per heavy atom. The first-order chi connectivity index (χ1) is 6.58. The second-order valence-electron chi connectivity index (χ2n) is 4.11. The zero-order valence-corrected chi connectivity index (χ0v) is 8.69. The number of oxime groups is 1. The van der Waals surface area contributed by atoms with Gasteiger partial charge in [-0.2, -0.15) is 0 Å². The summed E-state index contributed by atoms with van der Waals surface area (Å²) in [5, 5.41) is 12.4. The minimum absolute atomic E-state index is 0.149. The Hall–Kier alpha value is -1.06. The van der Waals surface area contributed by atoms with Gasteiger partial charge in [-0.1, -0.05) is 19.0 Å². The molecule has 1 unspecified atom stereocenters. The topological polar surface area (TPSA) is 58.9 Å². The molecule has 0 saturated heterocycles. The lowest BCUT2D eigenvalue weighted by Crippen LogP contribution is -2.11. The van der Waals surface area contributed by atoms with E-state index in [4.69, 9.17) is 9.94 Å². The quantitative estimate of drug-likeness (QED) is 0.737. The molecule has 1 N–H and O–H groups in total. The Bertz CT molecular complexity index is 236. The van der Waals surface area contributed by atoms with Gasteiger partial charge in [0, 0.05) is 6.42 Å². The Morgan fingerprint density at radius 1 is 1.71 bits per heavy atom. The molecule has 1 aliphatic rings. The molecule has 4 nitrogen and oxygen atoms in total. The van der Waals surface area contributed by atoms with E-state index in [9.17, 15) is 4.79 Å². The molecule has 4 heteroatoms. The first-order valence-corrected chi connectivity index (χ1v) is 5.01. The molecule has 0 aromatic carbocycles. The second kappa shape index (κ2) is 4.98. The van der Waals surface area contributed by atoms with Crippen molar-refractivity contribution < 1.29 is 14.7 Å². The van der Waals surface area contributed by atoms with Gasteiger partial charge in [-0.15, -0.1) is 0 Å². The van der Waals surface area contributed by atoms with E-state index in [1.165, 1.54) is 0 Å². The van der Waals surface area contributed by atoms with Gasteiger partial charge in [-0.3, -0.25) is 4.79 Å². The molecule has 0 fully saturated rings. The SMILES string of the molecule is CC(C)CC1CC(CCC(=O)O)=NO1. The summed E-state index contributed by atoms with van der Waals surface area (Å²) in [7, 11) is 0. The normalized spacial score (nSPS) is 20.8. The summed E-state index contributed by atoms with van der Waals surface area (Å²) >= 11 is 0. The lowest BCUT2D eigenvalue weighted by atomic mass is 10.0. The van der Waals surface area contributed by atoms with Crippen LogP contribution in [-0.4, -0.2) is 22.9 Å². The highest BCUT2D eigenvalue weighted by Gasteiger charge is 2.21. The van der Waals surface area contributed by atoms with Gasteiger partial charge in [0.25, 0.3) is 0 Å². The highest BCUT2D eigenvalue weighted by Crippen LogP contribution is 2.20. The Kier molecular flexibility index (Phi) is 3.92.